The second-order valence-electron chi connectivity index (χ2n) is 2.82. The van der Waals surface area contributed by atoms with Crippen molar-refractivity contribution in [3.8, 4) is 5.75 Å². The summed E-state index contributed by atoms with van der Waals surface area (Å²) in [6, 6.07) is 0. The molecular formula is C8H5ClF5NO. The van der Waals surface area contributed by atoms with Gasteiger partial charge in [-0.25, -0.2) is 8.78 Å². The molecule has 1 aromatic heterocycles. The van der Waals surface area contributed by atoms with Crippen molar-refractivity contribution in [1.82, 2.24) is 4.98 Å². The van der Waals surface area contributed by atoms with Crippen LogP contribution in [0.4, 0.5) is 22.0 Å². The van der Waals surface area contributed by atoms with Crippen LogP contribution in [0.3, 0.4) is 0 Å². The Morgan fingerprint density at radius 2 is 1.94 bits per heavy atom. The van der Waals surface area contributed by atoms with Crippen molar-refractivity contribution in [2.45, 2.75) is 18.5 Å². The van der Waals surface area contributed by atoms with Crippen LogP contribution < -0.4 is 0 Å². The number of aromatic hydroxyl groups is 1. The Kier molecular flexibility index (Phi) is 3.57. The van der Waals surface area contributed by atoms with Gasteiger partial charge in [0.05, 0.1) is 0 Å². The average Bonchev–Trinajstić information content (AvgIpc) is 2.14. The minimum Gasteiger partial charge on any atom is -0.505 e. The first-order valence-corrected chi connectivity index (χ1v) is 4.44. The molecule has 0 unspecified atom stereocenters. The standard InChI is InChI=1S/C8H5ClF5NO/c9-1-3-2-15-5(7(10)11)6(16)4(3)8(12,13)14/h2,7,16H,1H2. The zero-order chi connectivity index (χ0) is 12.5. The van der Waals surface area contributed by atoms with Gasteiger partial charge in [-0.05, 0) is 0 Å². The van der Waals surface area contributed by atoms with Crippen molar-refractivity contribution in [1.29, 1.82) is 0 Å². The molecule has 0 saturated carbocycles. The lowest BCUT2D eigenvalue weighted by Crippen LogP contribution is -2.11. The van der Waals surface area contributed by atoms with E-state index in [2.05, 4.69) is 4.98 Å². The van der Waals surface area contributed by atoms with Crippen LogP contribution in [0.2, 0.25) is 0 Å². The Bertz CT molecular complexity index is 393. The van der Waals surface area contributed by atoms with Crippen molar-refractivity contribution in [2.24, 2.45) is 0 Å². The third-order valence-electron chi connectivity index (χ3n) is 1.79. The van der Waals surface area contributed by atoms with Gasteiger partial charge in [0.1, 0.15) is 11.3 Å². The van der Waals surface area contributed by atoms with Crippen LogP contribution in [-0.2, 0) is 12.1 Å². The van der Waals surface area contributed by atoms with E-state index >= 15 is 0 Å². The molecule has 0 bridgehead atoms. The number of hydrogen-bond donors (Lipinski definition) is 1. The van der Waals surface area contributed by atoms with Crippen LogP contribution in [0.25, 0.3) is 0 Å². The minimum atomic E-state index is -4.96. The Morgan fingerprint density at radius 3 is 2.31 bits per heavy atom. The summed E-state index contributed by atoms with van der Waals surface area (Å²) < 4.78 is 61.8. The van der Waals surface area contributed by atoms with Gasteiger partial charge in [0, 0.05) is 17.6 Å². The molecule has 1 heterocycles. The van der Waals surface area contributed by atoms with Gasteiger partial charge in [0.2, 0.25) is 0 Å². The number of halogens is 6. The third-order valence-corrected chi connectivity index (χ3v) is 2.08. The maximum atomic E-state index is 12.4. The first-order chi connectivity index (χ1) is 7.29. The molecule has 2 nitrogen and oxygen atoms in total. The fourth-order valence-electron chi connectivity index (χ4n) is 1.13. The van der Waals surface area contributed by atoms with Gasteiger partial charge in [0.25, 0.3) is 6.43 Å². The van der Waals surface area contributed by atoms with Gasteiger partial charge in [-0.1, -0.05) is 0 Å². The lowest BCUT2D eigenvalue weighted by molar-refractivity contribution is -0.139. The fourth-order valence-corrected chi connectivity index (χ4v) is 1.33. The van der Waals surface area contributed by atoms with Crippen molar-refractivity contribution in [2.75, 3.05) is 0 Å². The SMILES string of the molecule is Oc1c(C(F)F)ncc(CCl)c1C(F)(F)F. The van der Waals surface area contributed by atoms with E-state index in [0.717, 1.165) is 0 Å². The van der Waals surface area contributed by atoms with E-state index in [1.54, 1.807) is 0 Å². The fraction of sp³-hybridized carbons (Fsp3) is 0.375. The number of alkyl halides is 6. The number of hydrogen-bond acceptors (Lipinski definition) is 2. The molecule has 0 aliphatic heterocycles. The molecule has 1 rings (SSSR count). The quantitative estimate of drug-likeness (QED) is 0.653. The summed E-state index contributed by atoms with van der Waals surface area (Å²) in [6.07, 6.45) is -7.66. The van der Waals surface area contributed by atoms with Gasteiger partial charge in [-0.15, -0.1) is 11.6 Å². The Morgan fingerprint density at radius 1 is 1.38 bits per heavy atom. The summed E-state index contributed by atoms with van der Waals surface area (Å²) >= 11 is 5.20. The molecule has 0 spiro atoms. The highest BCUT2D eigenvalue weighted by molar-refractivity contribution is 6.17. The maximum Gasteiger partial charge on any atom is 0.420 e. The monoisotopic (exact) mass is 261 g/mol. The first-order valence-electron chi connectivity index (χ1n) is 3.91. The van der Waals surface area contributed by atoms with E-state index < -0.39 is 41.1 Å². The first kappa shape index (κ1) is 13.0. The topological polar surface area (TPSA) is 33.1 Å². The summed E-state index contributed by atoms with van der Waals surface area (Å²) in [5.41, 5.74) is -3.41. The van der Waals surface area contributed by atoms with Crippen LogP contribution in [0, 0.1) is 0 Å². The van der Waals surface area contributed by atoms with E-state index in [1.165, 1.54) is 0 Å². The summed E-state index contributed by atoms with van der Waals surface area (Å²) in [7, 11) is 0. The summed E-state index contributed by atoms with van der Waals surface area (Å²) in [6.45, 7) is 0. The van der Waals surface area contributed by atoms with Crippen molar-refractivity contribution in [3.05, 3.63) is 23.0 Å². The van der Waals surface area contributed by atoms with Crippen molar-refractivity contribution in [3.63, 3.8) is 0 Å². The highest BCUT2D eigenvalue weighted by Crippen LogP contribution is 2.41. The van der Waals surface area contributed by atoms with E-state index in [4.69, 9.17) is 16.7 Å². The molecule has 1 N–H and O–H groups in total. The maximum absolute atomic E-state index is 12.4. The van der Waals surface area contributed by atoms with Crippen molar-refractivity contribution >= 4 is 11.6 Å². The zero-order valence-corrected chi connectivity index (χ0v) is 8.28. The highest BCUT2D eigenvalue weighted by atomic mass is 35.5. The molecule has 0 saturated heterocycles. The Balaban J connectivity index is 3.47. The Labute approximate surface area is 91.7 Å². The molecule has 0 aliphatic carbocycles. The predicted molar refractivity (Wildman–Crippen MR) is 45.4 cm³/mol. The summed E-state index contributed by atoms with van der Waals surface area (Å²) in [5.74, 6) is -2.15. The van der Waals surface area contributed by atoms with Crippen LogP contribution in [0.1, 0.15) is 23.2 Å². The number of rotatable bonds is 2. The largest absolute Gasteiger partial charge is 0.505 e. The molecule has 0 atom stereocenters. The molecule has 0 fully saturated rings. The van der Waals surface area contributed by atoms with Gasteiger partial charge >= 0.3 is 6.18 Å². The summed E-state index contributed by atoms with van der Waals surface area (Å²) in [4.78, 5) is 3.04. The smallest absolute Gasteiger partial charge is 0.420 e. The third kappa shape index (κ3) is 2.34. The zero-order valence-electron chi connectivity index (χ0n) is 7.52. The molecule has 0 aliphatic rings. The summed E-state index contributed by atoms with van der Waals surface area (Å²) in [5, 5.41) is 9.09. The molecule has 0 amide bonds. The van der Waals surface area contributed by atoms with Gasteiger partial charge in [0.15, 0.2) is 5.75 Å². The molecule has 0 aromatic carbocycles. The van der Waals surface area contributed by atoms with Crippen LogP contribution in [0.15, 0.2) is 6.20 Å². The van der Waals surface area contributed by atoms with Crippen LogP contribution >= 0.6 is 11.6 Å². The van der Waals surface area contributed by atoms with E-state index in [1.807, 2.05) is 0 Å². The van der Waals surface area contributed by atoms with Crippen LogP contribution in [-0.4, -0.2) is 10.1 Å². The number of nitrogens with zero attached hydrogens (tertiary/aromatic N) is 1. The highest BCUT2D eigenvalue weighted by Gasteiger charge is 2.39. The van der Waals surface area contributed by atoms with Gasteiger partial charge in [-0.3, -0.25) is 4.98 Å². The lowest BCUT2D eigenvalue weighted by atomic mass is 10.1. The molecule has 90 valence electrons. The van der Waals surface area contributed by atoms with E-state index in [0.29, 0.717) is 6.20 Å². The van der Waals surface area contributed by atoms with Gasteiger partial charge in [-0.2, -0.15) is 13.2 Å². The second-order valence-corrected chi connectivity index (χ2v) is 3.09. The predicted octanol–water partition coefficient (Wildman–Crippen LogP) is 3.48. The number of aromatic nitrogens is 1. The average molecular weight is 262 g/mol. The number of pyridine rings is 1. The van der Waals surface area contributed by atoms with E-state index in [9.17, 15) is 22.0 Å². The molecule has 1 aromatic rings. The second kappa shape index (κ2) is 4.40. The Hall–Kier alpha value is -1.11. The molecule has 8 heteroatoms. The van der Waals surface area contributed by atoms with Gasteiger partial charge < -0.3 is 5.11 Å². The van der Waals surface area contributed by atoms with E-state index in [-0.39, 0.29) is 0 Å². The minimum absolute atomic E-state index is 0.545. The molecule has 16 heavy (non-hydrogen) atoms. The lowest BCUT2D eigenvalue weighted by Gasteiger charge is -2.14. The normalized spacial score (nSPS) is 12.2. The van der Waals surface area contributed by atoms with Crippen molar-refractivity contribution < 1.29 is 27.1 Å². The molecule has 0 radical (unpaired) electrons. The van der Waals surface area contributed by atoms with Crippen LogP contribution in [0.5, 0.6) is 5.75 Å². The molecular weight excluding hydrogens is 257 g/mol.